The fourth-order valence-electron chi connectivity index (χ4n) is 2.53. The Labute approximate surface area is 81.3 Å². The van der Waals surface area contributed by atoms with Crippen LogP contribution in [0.25, 0.3) is 0 Å². The summed E-state index contributed by atoms with van der Waals surface area (Å²) in [4.78, 5) is 0. The van der Waals surface area contributed by atoms with Crippen LogP contribution >= 0.6 is 0 Å². The molecule has 1 fully saturated rings. The van der Waals surface area contributed by atoms with Gasteiger partial charge < -0.3 is 0 Å². The van der Waals surface area contributed by atoms with E-state index in [0.717, 1.165) is 19.4 Å². The highest BCUT2D eigenvalue weighted by molar-refractivity contribution is 5.12. The Hall–Kier alpha value is -0.550. The van der Waals surface area contributed by atoms with Crippen LogP contribution in [0.2, 0.25) is 0 Å². The lowest BCUT2D eigenvalue weighted by Gasteiger charge is -2.39. The number of rotatable bonds is 3. The van der Waals surface area contributed by atoms with Crippen molar-refractivity contribution < 1.29 is 0 Å². The van der Waals surface area contributed by atoms with Crippen molar-refractivity contribution in [3.63, 3.8) is 0 Å². The van der Waals surface area contributed by atoms with E-state index in [1.54, 1.807) is 0 Å². The zero-order valence-corrected chi connectivity index (χ0v) is 8.77. The van der Waals surface area contributed by atoms with E-state index >= 15 is 0 Å². The maximum Gasteiger partial charge on any atom is 0.109 e. The Balaban J connectivity index is 2.73. The van der Waals surface area contributed by atoms with Gasteiger partial charge >= 0.3 is 0 Å². The maximum absolute atomic E-state index is 9.26. The molecule has 0 aliphatic heterocycles. The molecular weight excluding hydrogens is 160 g/mol. The molecule has 2 atom stereocenters. The maximum atomic E-state index is 9.26. The molecule has 13 heavy (non-hydrogen) atoms. The summed E-state index contributed by atoms with van der Waals surface area (Å²) in [6.45, 7) is 5.18. The van der Waals surface area contributed by atoms with Gasteiger partial charge in [0.1, 0.15) is 5.54 Å². The lowest BCUT2D eigenvalue weighted by Crippen LogP contribution is -2.51. The summed E-state index contributed by atoms with van der Waals surface area (Å²) in [5, 5.41) is 12.6. The van der Waals surface area contributed by atoms with Crippen LogP contribution in [-0.2, 0) is 0 Å². The monoisotopic (exact) mass is 180 g/mol. The summed E-state index contributed by atoms with van der Waals surface area (Å²) in [5.41, 5.74) is -0.207. The Morgan fingerprint density at radius 1 is 1.46 bits per heavy atom. The Bertz CT molecular complexity index is 191. The normalized spacial score (nSPS) is 34.1. The molecule has 0 aromatic heterocycles. The van der Waals surface area contributed by atoms with Crippen LogP contribution in [0, 0.1) is 17.2 Å². The molecular formula is C11H20N2. The van der Waals surface area contributed by atoms with Crippen molar-refractivity contribution in [2.75, 3.05) is 6.54 Å². The second kappa shape index (κ2) is 4.62. The van der Waals surface area contributed by atoms with E-state index in [9.17, 15) is 5.26 Å². The van der Waals surface area contributed by atoms with Gasteiger partial charge in [0.25, 0.3) is 0 Å². The standard InChI is InChI=1S/C11H20N2/c1-3-10-7-5-6-8-11(10,9-12)13-4-2/h10,13H,3-8H2,1-2H3. The van der Waals surface area contributed by atoms with E-state index in [-0.39, 0.29) is 5.54 Å². The highest BCUT2D eigenvalue weighted by Crippen LogP contribution is 2.35. The predicted octanol–water partition coefficient (Wildman–Crippen LogP) is 2.46. The van der Waals surface area contributed by atoms with E-state index in [2.05, 4.69) is 25.2 Å². The summed E-state index contributed by atoms with van der Waals surface area (Å²) in [5.74, 6) is 0.561. The van der Waals surface area contributed by atoms with Crippen molar-refractivity contribution in [1.29, 1.82) is 5.26 Å². The fourth-order valence-corrected chi connectivity index (χ4v) is 2.53. The van der Waals surface area contributed by atoms with Crippen molar-refractivity contribution >= 4 is 0 Å². The van der Waals surface area contributed by atoms with Gasteiger partial charge in [-0.3, -0.25) is 5.32 Å². The third kappa shape index (κ3) is 2.03. The van der Waals surface area contributed by atoms with Crippen LogP contribution in [0.4, 0.5) is 0 Å². The molecule has 1 aliphatic rings. The summed E-state index contributed by atoms with van der Waals surface area (Å²) >= 11 is 0. The zero-order chi connectivity index (χ0) is 9.73. The smallest absolute Gasteiger partial charge is 0.109 e. The fraction of sp³-hybridized carbons (Fsp3) is 0.909. The second-order valence-electron chi connectivity index (χ2n) is 3.96. The van der Waals surface area contributed by atoms with Crippen molar-refractivity contribution in [3.05, 3.63) is 0 Å². The molecule has 0 saturated heterocycles. The number of nitrogens with zero attached hydrogens (tertiary/aromatic N) is 1. The van der Waals surface area contributed by atoms with Crippen LogP contribution in [0.15, 0.2) is 0 Å². The Kier molecular flexibility index (Phi) is 3.74. The number of hydrogen-bond acceptors (Lipinski definition) is 2. The molecule has 1 N–H and O–H groups in total. The molecule has 2 nitrogen and oxygen atoms in total. The van der Waals surface area contributed by atoms with Crippen LogP contribution in [0.3, 0.4) is 0 Å². The van der Waals surface area contributed by atoms with Gasteiger partial charge in [0.05, 0.1) is 6.07 Å². The first-order chi connectivity index (χ1) is 6.29. The molecule has 0 amide bonds. The van der Waals surface area contributed by atoms with E-state index in [4.69, 9.17) is 0 Å². The van der Waals surface area contributed by atoms with E-state index in [1.807, 2.05) is 0 Å². The third-order valence-electron chi connectivity index (χ3n) is 3.26. The third-order valence-corrected chi connectivity index (χ3v) is 3.26. The summed E-state index contributed by atoms with van der Waals surface area (Å²) in [6.07, 6.45) is 5.89. The molecule has 1 saturated carbocycles. The van der Waals surface area contributed by atoms with E-state index in [1.165, 1.54) is 19.3 Å². The van der Waals surface area contributed by atoms with Gasteiger partial charge in [-0.05, 0) is 25.3 Å². The Morgan fingerprint density at radius 2 is 2.23 bits per heavy atom. The first kappa shape index (κ1) is 10.5. The highest BCUT2D eigenvalue weighted by Gasteiger charge is 2.38. The quantitative estimate of drug-likeness (QED) is 0.724. The molecule has 0 spiro atoms. The van der Waals surface area contributed by atoms with Crippen LogP contribution in [0.5, 0.6) is 0 Å². The van der Waals surface area contributed by atoms with Crippen molar-refractivity contribution in [2.45, 2.75) is 51.5 Å². The average Bonchev–Trinajstić information content (AvgIpc) is 2.19. The van der Waals surface area contributed by atoms with Crippen molar-refractivity contribution in [3.8, 4) is 6.07 Å². The van der Waals surface area contributed by atoms with Gasteiger partial charge in [-0.15, -0.1) is 0 Å². The van der Waals surface area contributed by atoms with Crippen LogP contribution in [0.1, 0.15) is 46.0 Å². The topological polar surface area (TPSA) is 35.8 Å². The largest absolute Gasteiger partial charge is 0.299 e. The average molecular weight is 180 g/mol. The minimum absolute atomic E-state index is 0.207. The van der Waals surface area contributed by atoms with Crippen LogP contribution < -0.4 is 5.32 Å². The molecule has 0 radical (unpaired) electrons. The zero-order valence-electron chi connectivity index (χ0n) is 8.77. The lowest BCUT2D eigenvalue weighted by atomic mass is 9.72. The minimum Gasteiger partial charge on any atom is -0.299 e. The molecule has 1 aliphatic carbocycles. The minimum atomic E-state index is -0.207. The van der Waals surface area contributed by atoms with Gasteiger partial charge in [0.15, 0.2) is 0 Å². The molecule has 2 unspecified atom stereocenters. The molecule has 0 aromatic carbocycles. The van der Waals surface area contributed by atoms with E-state index in [0.29, 0.717) is 5.92 Å². The van der Waals surface area contributed by atoms with Gasteiger partial charge in [-0.1, -0.05) is 33.1 Å². The molecule has 74 valence electrons. The number of nitriles is 1. The van der Waals surface area contributed by atoms with Gasteiger partial charge in [0.2, 0.25) is 0 Å². The van der Waals surface area contributed by atoms with Crippen molar-refractivity contribution in [2.24, 2.45) is 5.92 Å². The van der Waals surface area contributed by atoms with Gasteiger partial charge in [0, 0.05) is 0 Å². The van der Waals surface area contributed by atoms with Gasteiger partial charge in [-0.2, -0.15) is 5.26 Å². The van der Waals surface area contributed by atoms with Crippen LogP contribution in [-0.4, -0.2) is 12.1 Å². The number of nitrogens with one attached hydrogen (secondary N) is 1. The molecule has 0 bridgehead atoms. The van der Waals surface area contributed by atoms with Crippen molar-refractivity contribution in [1.82, 2.24) is 5.32 Å². The number of hydrogen-bond donors (Lipinski definition) is 1. The molecule has 2 heteroatoms. The summed E-state index contributed by atoms with van der Waals surface area (Å²) < 4.78 is 0. The lowest BCUT2D eigenvalue weighted by molar-refractivity contribution is 0.194. The van der Waals surface area contributed by atoms with Gasteiger partial charge in [-0.25, -0.2) is 0 Å². The SMILES string of the molecule is CCNC1(C#N)CCCCC1CC. The summed E-state index contributed by atoms with van der Waals surface area (Å²) in [6, 6.07) is 2.51. The Morgan fingerprint density at radius 3 is 2.77 bits per heavy atom. The van der Waals surface area contributed by atoms with E-state index < -0.39 is 0 Å². The second-order valence-corrected chi connectivity index (χ2v) is 3.96. The molecule has 0 aromatic rings. The predicted molar refractivity (Wildman–Crippen MR) is 54.3 cm³/mol. The summed E-state index contributed by atoms with van der Waals surface area (Å²) in [7, 11) is 0. The first-order valence-electron chi connectivity index (χ1n) is 5.45. The molecule has 1 rings (SSSR count). The highest BCUT2D eigenvalue weighted by atomic mass is 15.0. The first-order valence-corrected chi connectivity index (χ1v) is 5.45. The molecule has 0 heterocycles.